The number of benzene rings is 1. The smallest absolute Gasteiger partial charge is 0.263 e. The highest BCUT2D eigenvalue weighted by molar-refractivity contribution is 5.99. The second kappa shape index (κ2) is 8.29. The van der Waals surface area contributed by atoms with Gasteiger partial charge >= 0.3 is 0 Å². The summed E-state index contributed by atoms with van der Waals surface area (Å²) < 4.78 is 1.43. The second-order valence-electron chi connectivity index (χ2n) is 7.32. The monoisotopic (exact) mass is 382 g/mol. The lowest BCUT2D eigenvalue weighted by atomic mass is 9.93. The van der Waals surface area contributed by atoms with Crippen molar-refractivity contribution in [2.45, 2.75) is 31.8 Å². The fourth-order valence-corrected chi connectivity index (χ4v) is 3.13. The third-order valence-electron chi connectivity index (χ3n) is 5.04. The van der Waals surface area contributed by atoms with Crippen LogP contribution in [0.3, 0.4) is 0 Å². The van der Waals surface area contributed by atoms with Gasteiger partial charge in [0.15, 0.2) is 0 Å². The van der Waals surface area contributed by atoms with Gasteiger partial charge in [0, 0.05) is 39.1 Å². The van der Waals surface area contributed by atoms with Crippen molar-refractivity contribution >= 4 is 17.5 Å². The first-order valence-electron chi connectivity index (χ1n) is 9.42. The fourth-order valence-electron chi connectivity index (χ4n) is 3.13. The van der Waals surface area contributed by atoms with Crippen LogP contribution in [0.5, 0.6) is 0 Å². The van der Waals surface area contributed by atoms with Crippen LogP contribution in [0.2, 0.25) is 0 Å². The summed E-state index contributed by atoms with van der Waals surface area (Å²) in [7, 11) is 5.36. The largest absolute Gasteiger partial charge is 0.378 e. The van der Waals surface area contributed by atoms with Crippen molar-refractivity contribution < 1.29 is 9.59 Å². The van der Waals surface area contributed by atoms with Gasteiger partial charge in [-0.05, 0) is 43.0 Å². The van der Waals surface area contributed by atoms with Crippen molar-refractivity contribution in [1.29, 1.82) is 0 Å². The Kier molecular flexibility index (Phi) is 5.82. The minimum absolute atomic E-state index is 0.0347. The van der Waals surface area contributed by atoms with E-state index in [9.17, 15) is 14.4 Å². The lowest BCUT2D eigenvalue weighted by Gasteiger charge is -2.26. The summed E-state index contributed by atoms with van der Waals surface area (Å²) in [5, 5.41) is 5.43. The molecule has 28 heavy (non-hydrogen) atoms. The first-order valence-corrected chi connectivity index (χ1v) is 9.42. The van der Waals surface area contributed by atoms with Gasteiger partial charge in [-0.25, -0.2) is 0 Å². The van der Waals surface area contributed by atoms with Crippen molar-refractivity contribution in [2.75, 3.05) is 26.0 Å². The number of rotatable bonds is 6. The molecule has 2 amide bonds. The molecule has 1 aromatic heterocycles. The van der Waals surface area contributed by atoms with E-state index in [0.717, 1.165) is 30.5 Å². The van der Waals surface area contributed by atoms with Crippen LogP contribution in [0.1, 0.15) is 45.5 Å². The number of carbonyl (C=O) groups excluding carboxylic acids is 2. The zero-order chi connectivity index (χ0) is 20.3. The molecule has 0 unspecified atom stereocenters. The van der Waals surface area contributed by atoms with Crippen molar-refractivity contribution in [1.82, 2.24) is 15.2 Å². The number of nitrogens with zero attached hydrogens (tertiary/aromatic N) is 2. The second-order valence-corrected chi connectivity index (χ2v) is 7.32. The Morgan fingerprint density at radius 2 is 1.93 bits per heavy atom. The van der Waals surface area contributed by atoms with Crippen LogP contribution in [-0.2, 0) is 6.54 Å². The van der Waals surface area contributed by atoms with E-state index in [-0.39, 0.29) is 24.1 Å². The lowest BCUT2D eigenvalue weighted by Crippen LogP contribution is -2.40. The van der Waals surface area contributed by atoms with Gasteiger partial charge in [0.2, 0.25) is 0 Å². The molecule has 1 aromatic carbocycles. The minimum Gasteiger partial charge on any atom is -0.378 e. The number of anilines is 1. The van der Waals surface area contributed by atoms with Crippen molar-refractivity contribution in [3.05, 3.63) is 63.6 Å². The van der Waals surface area contributed by atoms with E-state index >= 15 is 0 Å². The third-order valence-corrected chi connectivity index (χ3v) is 5.04. The van der Waals surface area contributed by atoms with E-state index in [1.165, 1.54) is 23.9 Å². The Labute approximate surface area is 164 Å². The average molecular weight is 382 g/mol. The van der Waals surface area contributed by atoms with E-state index in [4.69, 9.17) is 0 Å². The summed E-state index contributed by atoms with van der Waals surface area (Å²) in [5.74, 6) is -0.760. The van der Waals surface area contributed by atoms with Gasteiger partial charge in [0.05, 0.1) is 12.1 Å². The standard InChI is InChI=1S/C21H26N4O3/c1-22-20(27)18-11-15(19(26)23-16-7-5-8-16)13-25(21(18)28)12-14-6-4-9-17(10-14)24(2)3/h4,6,9-11,13,16H,5,7-8,12H2,1-3H3,(H,22,27)(H,23,26). The minimum atomic E-state index is -0.501. The highest BCUT2D eigenvalue weighted by atomic mass is 16.2. The molecule has 1 aliphatic carbocycles. The topological polar surface area (TPSA) is 83.4 Å². The molecule has 7 nitrogen and oxygen atoms in total. The zero-order valence-corrected chi connectivity index (χ0v) is 16.5. The normalized spacial score (nSPS) is 13.5. The molecule has 7 heteroatoms. The molecule has 2 aromatic rings. The van der Waals surface area contributed by atoms with E-state index in [2.05, 4.69) is 10.6 Å². The first kappa shape index (κ1) is 19.7. The molecule has 0 spiro atoms. The molecule has 0 saturated heterocycles. The van der Waals surface area contributed by atoms with Crippen LogP contribution in [0.15, 0.2) is 41.3 Å². The van der Waals surface area contributed by atoms with Crippen LogP contribution >= 0.6 is 0 Å². The summed E-state index contributed by atoms with van der Waals surface area (Å²) in [6.45, 7) is 0.273. The van der Waals surface area contributed by atoms with Gasteiger partial charge in [0.1, 0.15) is 5.56 Å². The highest BCUT2D eigenvalue weighted by Crippen LogP contribution is 2.19. The van der Waals surface area contributed by atoms with Gasteiger partial charge in [-0.3, -0.25) is 14.4 Å². The molecule has 3 rings (SSSR count). The molecule has 1 aliphatic rings. The molecule has 2 N–H and O–H groups in total. The number of aromatic nitrogens is 1. The van der Waals surface area contributed by atoms with Crippen LogP contribution in [-0.4, -0.2) is 43.6 Å². The van der Waals surface area contributed by atoms with Gasteiger partial charge in [0.25, 0.3) is 17.4 Å². The summed E-state index contributed by atoms with van der Waals surface area (Å²) in [6.07, 6.45) is 4.57. The summed E-state index contributed by atoms with van der Waals surface area (Å²) in [4.78, 5) is 39.6. The zero-order valence-electron chi connectivity index (χ0n) is 16.5. The Bertz CT molecular complexity index is 945. The van der Waals surface area contributed by atoms with Crippen molar-refractivity contribution in [2.24, 2.45) is 0 Å². The number of hydrogen-bond acceptors (Lipinski definition) is 4. The van der Waals surface area contributed by atoms with E-state index in [1.54, 1.807) is 0 Å². The van der Waals surface area contributed by atoms with E-state index in [1.807, 2.05) is 43.3 Å². The molecule has 0 bridgehead atoms. The summed E-state index contributed by atoms with van der Waals surface area (Å²) >= 11 is 0. The maximum atomic E-state index is 12.8. The van der Waals surface area contributed by atoms with Crippen molar-refractivity contribution in [3.63, 3.8) is 0 Å². The highest BCUT2D eigenvalue weighted by Gasteiger charge is 2.22. The van der Waals surface area contributed by atoms with Crippen LogP contribution in [0, 0.1) is 0 Å². The maximum Gasteiger partial charge on any atom is 0.263 e. The first-order chi connectivity index (χ1) is 13.4. The average Bonchev–Trinajstić information content (AvgIpc) is 2.65. The van der Waals surface area contributed by atoms with Crippen molar-refractivity contribution in [3.8, 4) is 0 Å². The Morgan fingerprint density at radius 3 is 2.54 bits per heavy atom. The maximum absolute atomic E-state index is 12.8. The molecule has 1 heterocycles. The number of nitrogens with one attached hydrogen (secondary N) is 2. The summed E-state index contributed by atoms with van der Waals surface area (Å²) in [6, 6.07) is 9.34. The molecule has 148 valence electrons. The van der Waals surface area contributed by atoms with Crippen LogP contribution in [0.25, 0.3) is 0 Å². The van der Waals surface area contributed by atoms with E-state index in [0.29, 0.717) is 5.56 Å². The SMILES string of the molecule is CNC(=O)c1cc(C(=O)NC2CCC2)cn(Cc2cccc(N(C)C)c2)c1=O. The van der Waals surface area contributed by atoms with Crippen LogP contribution < -0.4 is 21.1 Å². The molecule has 0 aliphatic heterocycles. The summed E-state index contributed by atoms with van der Waals surface area (Å²) in [5.41, 5.74) is 1.78. The Morgan fingerprint density at radius 1 is 1.18 bits per heavy atom. The van der Waals surface area contributed by atoms with Gasteiger partial charge in [-0.1, -0.05) is 12.1 Å². The van der Waals surface area contributed by atoms with Crippen LogP contribution in [0.4, 0.5) is 5.69 Å². The number of hydrogen-bond donors (Lipinski definition) is 2. The Balaban J connectivity index is 1.97. The molecule has 0 radical (unpaired) electrons. The van der Waals surface area contributed by atoms with Gasteiger partial charge in [-0.15, -0.1) is 0 Å². The van der Waals surface area contributed by atoms with Gasteiger partial charge < -0.3 is 20.1 Å². The molecule has 1 fully saturated rings. The lowest BCUT2D eigenvalue weighted by molar-refractivity contribution is 0.0916. The number of carbonyl (C=O) groups is 2. The number of amides is 2. The fraction of sp³-hybridized carbons (Fsp3) is 0.381. The molecule has 0 atom stereocenters. The Hall–Kier alpha value is -3.09. The third kappa shape index (κ3) is 4.24. The van der Waals surface area contributed by atoms with Gasteiger partial charge in [-0.2, -0.15) is 0 Å². The predicted octanol–water partition coefficient (Wildman–Crippen LogP) is 1.60. The van der Waals surface area contributed by atoms with E-state index < -0.39 is 11.5 Å². The molecular weight excluding hydrogens is 356 g/mol. The predicted molar refractivity (Wildman–Crippen MR) is 109 cm³/mol. The molecule has 1 saturated carbocycles. The molecular formula is C21H26N4O3. The quantitative estimate of drug-likeness (QED) is 0.795. The number of pyridine rings is 1.